The first-order chi connectivity index (χ1) is 6.58. The van der Waals surface area contributed by atoms with Gasteiger partial charge in [-0.25, -0.2) is 8.42 Å². The van der Waals surface area contributed by atoms with Gasteiger partial charge in [-0.2, -0.15) is 0 Å². The van der Waals surface area contributed by atoms with Gasteiger partial charge in [0.15, 0.2) is 9.84 Å². The summed E-state index contributed by atoms with van der Waals surface area (Å²) >= 11 is 0. The Morgan fingerprint density at radius 3 is 2.29 bits per heavy atom. The lowest BCUT2D eigenvalue weighted by Gasteiger charge is -2.12. The van der Waals surface area contributed by atoms with Crippen LogP contribution in [-0.2, 0) is 9.84 Å². The van der Waals surface area contributed by atoms with Crippen LogP contribution in [0.1, 0.15) is 11.5 Å². The molecule has 0 unspecified atom stereocenters. The van der Waals surface area contributed by atoms with Crippen molar-refractivity contribution in [2.75, 3.05) is 11.5 Å². The summed E-state index contributed by atoms with van der Waals surface area (Å²) in [6, 6.07) is 9.36. The van der Waals surface area contributed by atoms with Crippen molar-refractivity contribution in [3.63, 3.8) is 0 Å². The minimum Gasteiger partial charge on any atom is -0.326 e. The third-order valence-electron chi connectivity index (χ3n) is 2.62. The van der Waals surface area contributed by atoms with Crippen LogP contribution in [0.2, 0.25) is 0 Å². The van der Waals surface area contributed by atoms with Crippen LogP contribution in [0, 0.1) is 0 Å². The highest BCUT2D eigenvalue weighted by atomic mass is 32.2. The largest absolute Gasteiger partial charge is 0.326 e. The SMILES string of the molecule is N[C@@H]1CS(=O)(=O)C[C@@H]1c1ccccc1. The number of benzene rings is 1. The first kappa shape index (κ1) is 9.68. The standard InChI is InChI=1S/C10H13NO2S/c11-10-7-14(12,13)6-9(10)8-4-2-1-3-5-8/h1-5,9-10H,6-7,11H2/t9-,10-/m1/s1. The van der Waals surface area contributed by atoms with E-state index in [4.69, 9.17) is 5.73 Å². The molecule has 0 aliphatic carbocycles. The maximum Gasteiger partial charge on any atom is 0.152 e. The van der Waals surface area contributed by atoms with Crippen LogP contribution in [-0.4, -0.2) is 26.0 Å². The summed E-state index contributed by atoms with van der Waals surface area (Å²) < 4.78 is 22.7. The summed E-state index contributed by atoms with van der Waals surface area (Å²) in [5.74, 6) is 0.284. The molecule has 1 fully saturated rings. The quantitative estimate of drug-likeness (QED) is 0.737. The molecule has 4 heteroatoms. The fraction of sp³-hybridized carbons (Fsp3) is 0.400. The Bertz CT molecular complexity index is 413. The summed E-state index contributed by atoms with van der Waals surface area (Å²) in [5, 5.41) is 0. The summed E-state index contributed by atoms with van der Waals surface area (Å²) in [4.78, 5) is 0. The minimum absolute atomic E-state index is 0.0267. The lowest BCUT2D eigenvalue weighted by atomic mass is 9.95. The zero-order valence-corrected chi connectivity index (χ0v) is 8.57. The van der Waals surface area contributed by atoms with E-state index >= 15 is 0 Å². The second-order valence-corrected chi connectivity index (χ2v) is 5.91. The molecular formula is C10H13NO2S. The molecule has 0 aromatic heterocycles. The van der Waals surface area contributed by atoms with Crippen molar-refractivity contribution in [2.24, 2.45) is 5.73 Å². The van der Waals surface area contributed by atoms with Crippen molar-refractivity contribution in [2.45, 2.75) is 12.0 Å². The zero-order valence-electron chi connectivity index (χ0n) is 7.76. The molecule has 1 aliphatic rings. The highest BCUT2D eigenvalue weighted by molar-refractivity contribution is 7.91. The van der Waals surface area contributed by atoms with E-state index < -0.39 is 9.84 Å². The molecule has 1 aromatic carbocycles. The first-order valence-corrected chi connectivity index (χ1v) is 6.41. The monoisotopic (exact) mass is 211 g/mol. The molecule has 1 saturated heterocycles. The van der Waals surface area contributed by atoms with Gasteiger partial charge in [0.25, 0.3) is 0 Å². The summed E-state index contributed by atoms with van der Waals surface area (Å²) in [5.41, 5.74) is 6.84. The Morgan fingerprint density at radius 1 is 1.14 bits per heavy atom. The Morgan fingerprint density at radius 2 is 1.79 bits per heavy atom. The van der Waals surface area contributed by atoms with Crippen LogP contribution in [0.4, 0.5) is 0 Å². The van der Waals surface area contributed by atoms with Crippen molar-refractivity contribution in [3.05, 3.63) is 35.9 Å². The van der Waals surface area contributed by atoms with E-state index in [0.717, 1.165) is 5.56 Å². The summed E-state index contributed by atoms with van der Waals surface area (Å²) in [6.45, 7) is 0. The fourth-order valence-corrected chi connectivity index (χ4v) is 3.86. The third-order valence-corrected chi connectivity index (χ3v) is 4.38. The lowest BCUT2D eigenvalue weighted by Crippen LogP contribution is -2.27. The number of nitrogens with two attached hydrogens (primary N) is 1. The molecule has 1 aromatic rings. The van der Waals surface area contributed by atoms with Gasteiger partial charge in [-0.3, -0.25) is 0 Å². The van der Waals surface area contributed by atoms with Crippen molar-refractivity contribution in [3.8, 4) is 0 Å². The molecule has 2 atom stereocenters. The highest BCUT2D eigenvalue weighted by Crippen LogP contribution is 2.27. The molecule has 14 heavy (non-hydrogen) atoms. The van der Waals surface area contributed by atoms with Crippen LogP contribution in [0.25, 0.3) is 0 Å². The third kappa shape index (κ3) is 1.81. The average molecular weight is 211 g/mol. The molecule has 0 saturated carbocycles. The van der Waals surface area contributed by atoms with E-state index in [2.05, 4.69) is 0 Å². The van der Waals surface area contributed by atoms with E-state index in [1.807, 2.05) is 30.3 Å². The van der Waals surface area contributed by atoms with E-state index in [1.165, 1.54) is 0 Å². The van der Waals surface area contributed by atoms with Crippen LogP contribution in [0.5, 0.6) is 0 Å². The predicted octanol–water partition coefficient (Wildman–Crippen LogP) is 0.526. The number of sulfone groups is 1. The van der Waals surface area contributed by atoms with Gasteiger partial charge >= 0.3 is 0 Å². The first-order valence-electron chi connectivity index (χ1n) is 4.59. The second-order valence-electron chi connectivity index (χ2n) is 3.76. The Labute approximate surface area is 83.9 Å². The molecule has 0 spiro atoms. The van der Waals surface area contributed by atoms with Crippen molar-refractivity contribution in [1.29, 1.82) is 0 Å². The second kappa shape index (κ2) is 3.37. The topological polar surface area (TPSA) is 60.2 Å². The van der Waals surface area contributed by atoms with Crippen molar-refractivity contribution < 1.29 is 8.42 Å². The van der Waals surface area contributed by atoms with Crippen LogP contribution in [0.15, 0.2) is 30.3 Å². The lowest BCUT2D eigenvalue weighted by molar-refractivity contribution is 0.601. The summed E-state index contributed by atoms with van der Waals surface area (Å²) in [6.07, 6.45) is 0. The fourth-order valence-electron chi connectivity index (χ4n) is 1.92. The van der Waals surface area contributed by atoms with Gasteiger partial charge in [-0.15, -0.1) is 0 Å². The van der Waals surface area contributed by atoms with Crippen LogP contribution < -0.4 is 5.73 Å². The smallest absolute Gasteiger partial charge is 0.152 e. The van der Waals surface area contributed by atoms with Gasteiger partial charge < -0.3 is 5.73 Å². The summed E-state index contributed by atoms with van der Waals surface area (Å²) in [7, 11) is -2.92. The molecular weight excluding hydrogens is 198 g/mol. The van der Waals surface area contributed by atoms with E-state index in [0.29, 0.717) is 0 Å². The van der Waals surface area contributed by atoms with Gasteiger partial charge in [0.2, 0.25) is 0 Å². The zero-order chi connectivity index (χ0) is 10.2. The normalized spacial score (nSPS) is 30.4. The Balaban J connectivity index is 2.30. The van der Waals surface area contributed by atoms with Gasteiger partial charge in [-0.05, 0) is 5.56 Å². The number of hydrogen-bond donors (Lipinski definition) is 1. The van der Waals surface area contributed by atoms with Crippen LogP contribution >= 0.6 is 0 Å². The van der Waals surface area contributed by atoms with E-state index in [1.54, 1.807) is 0 Å². The maximum absolute atomic E-state index is 11.3. The molecule has 0 radical (unpaired) electrons. The molecule has 2 N–H and O–H groups in total. The van der Waals surface area contributed by atoms with Gasteiger partial charge in [0, 0.05) is 12.0 Å². The van der Waals surface area contributed by atoms with E-state index in [9.17, 15) is 8.42 Å². The predicted molar refractivity (Wildman–Crippen MR) is 55.8 cm³/mol. The maximum atomic E-state index is 11.3. The molecule has 0 bridgehead atoms. The minimum atomic E-state index is -2.92. The Hall–Kier alpha value is -0.870. The van der Waals surface area contributed by atoms with Gasteiger partial charge in [0.05, 0.1) is 11.5 Å². The number of rotatable bonds is 1. The molecule has 1 heterocycles. The Kier molecular flexibility index (Phi) is 2.33. The van der Waals surface area contributed by atoms with Crippen LogP contribution in [0.3, 0.4) is 0 Å². The molecule has 0 amide bonds. The highest BCUT2D eigenvalue weighted by Gasteiger charge is 2.35. The molecule has 76 valence electrons. The molecule has 2 rings (SSSR count). The molecule has 1 aliphatic heterocycles. The van der Waals surface area contributed by atoms with Crippen molar-refractivity contribution >= 4 is 9.84 Å². The van der Waals surface area contributed by atoms with Gasteiger partial charge in [0.1, 0.15) is 0 Å². The van der Waals surface area contributed by atoms with Crippen molar-refractivity contribution in [1.82, 2.24) is 0 Å². The molecule has 3 nitrogen and oxygen atoms in total. The van der Waals surface area contributed by atoms with E-state index in [-0.39, 0.29) is 23.5 Å². The average Bonchev–Trinajstić information content (AvgIpc) is 2.41. The van der Waals surface area contributed by atoms with Gasteiger partial charge in [-0.1, -0.05) is 30.3 Å². The number of hydrogen-bond acceptors (Lipinski definition) is 3.